The molecule has 0 aliphatic carbocycles. The molecule has 35 heavy (non-hydrogen) atoms. The number of esters is 2. The first-order valence-corrected chi connectivity index (χ1v) is 13.3. The lowest BCUT2D eigenvalue weighted by Gasteiger charge is -2.39. The van der Waals surface area contributed by atoms with E-state index in [1.54, 1.807) is 34.6 Å². The van der Waals surface area contributed by atoms with Gasteiger partial charge < -0.3 is 23.7 Å². The van der Waals surface area contributed by atoms with Gasteiger partial charge >= 0.3 is 11.9 Å². The Hall–Kier alpha value is -1.47. The zero-order chi connectivity index (χ0) is 27.9. The van der Waals surface area contributed by atoms with Crippen molar-refractivity contribution in [1.29, 1.82) is 0 Å². The van der Waals surface area contributed by atoms with Gasteiger partial charge in [-0.15, -0.1) is 0 Å². The van der Waals surface area contributed by atoms with Gasteiger partial charge in [-0.1, -0.05) is 41.0 Å². The van der Waals surface area contributed by atoms with Crippen molar-refractivity contribution >= 4 is 17.7 Å². The molecule has 0 aliphatic rings. The molecule has 2 atom stereocenters. The van der Waals surface area contributed by atoms with Crippen molar-refractivity contribution in [1.82, 2.24) is 0 Å². The van der Waals surface area contributed by atoms with E-state index in [9.17, 15) is 14.4 Å². The van der Waals surface area contributed by atoms with Crippen LogP contribution in [-0.4, -0.2) is 40.5 Å². The van der Waals surface area contributed by atoms with Crippen LogP contribution in [-0.2, 0) is 33.3 Å². The lowest BCUT2D eigenvalue weighted by Crippen LogP contribution is -2.43. The molecule has 0 heterocycles. The summed E-state index contributed by atoms with van der Waals surface area (Å²) in [6, 6.07) is 0. The molecule has 0 aromatic rings. The largest absolute Gasteiger partial charge is 0.434 e. The molecular weight excluding hydrogens is 448 g/mol. The third-order valence-electron chi connectivity index (χ3n) is 5.66. The van der Waals surface area contributed by atoms with Crippen LogP contribution in [0.3, 0.4) is 0 Å². The van der Waals surface area contributed by atoms with Crippen LogP contribution in [0.4, 0.5) is 0 Å². The minimum Gasteiger partial charge on any atom is -0.434 e. The first kappa shape index (κ1) is 35.7. The average molecular weight is 503 g/mol. The van der Waals surface area contributed by atoms with Gasteiger partial charge in [0.1, 0.15) is 5.78 Å². The van der Waals surface area contributed by atoms with Crippen LogP contribution in [0.2, 0.25) is 0 Å². The molecule has 0 N–H and O–H groups in total. The van der Waals surface area contributed by atoms with Gasteiger partial charge in [-0.2, -0.15) is 0 Å². The minimum absolute atomic E-state index is 0.148. The molecule has 0 aromatic carbocycles. The summed E-state index contributed by atoms with van der Waals surface area (Å²) in [5, 5.41) is 0. The summed E-state index contributed by atoms with van der Waals surface area (Å²) < 4.78 is 22.6. The molecule has 0 saturated heterocycles. The number of hydrogen-bond donors (Lipinski definition) is 0. The zero-order valence-corrected chi connectivity index (χ0v) is 24.7. The Kier molecular flexibility index (Phi) is 16.6. The number of carbonyl (C=O) groups excluding carboxylic acids is 3. The molecule has 7 nitrogen and oxygen atoms in total. The molecule has 0 rings (SSSR count). The molecule has 7 heteroatoms. The summed E-state index contributed by atoms with van der Waals surface area (Å²) in [6.45, 7) is 22.7. The predicted molar refractivity (Wildman–Crippen MR) is 140 cm³/mol. The highest BCUT2D eigenvalue weighted by Gasteiger charge is 2.36. The normalized spacial score (nSPS) is 15.2. The molecule has 0 aliphatic heterocycles. The van der Waals surface area contributed by atoms with E-state index in [2.05, 4.69) is 6.92 Å². The minimum atomic E-state index is -0.923. The van der Waals surface area contributed by atoms with E-state index in [0.29, 0.717) is 32.1 Å². The lowest BCUT2D eigenvalue weighted by molar-refractivity contribution is -0.269. The van der Waals surface area contributed by atoms with Crippen LogP contribution >= 0.6 is 0 Å². The van der Waals surface area contributed by atoms with Gasteiger partial charge in [0.25, 0.3) is 0 Å². The Morgan fingerprint density at radius 3 is 1.63 bits per heavy atom. The first-order valence-electron chi connectivity index (χ1n) is 13.3. The van der Waals surface area contributed by atoms with Gasteiger partial charge in [0.05, 0.1) is 11.2 Å². The summed E-state index contributed by atoms with van der Waals surface area (Å²) in [5.41, 5.74) is -0.713. The fraction of sp³-hybridized carbons (Fsp3) is 0.893. The fourth-order valence-corrected chi connectivity index (χ4v) is 3.61. The van der Waals surface area contributed by atoms with Crippen molar-refractivity contribution in [2.24, 2.45) is 0 Å². The molecule has 0 spiro atoms. The van der Waals surface area contributed by atoms with Crippen molar-refractivity contribution in [2.45, 2.75) is 164 Å². The molecule has 208 valence electrons. The van der Waals surface area contributed by atoms with Gasteiger partial charge in [0.2, 0.25) is 11.6 Å². The zero-order valence-electron chi connectivity index (χ0n) is 24.7. The topological polar surface area (TPSA) is 88.1 Å². The molecule has 0 amide bonds. The standard InChI is InChI=1S/C16H30O4.C12H24O3/c1-7-10-14(18)19-16(6,9-3)20-15(5,8-2)12-11-13(4)17;1-7-9-11(3,4)15-12(5,6)14-10(13)8-2/h7-12H2,1-6H3;7-9H2,1-6H3. The van der Waals surface area contributed by atoms with Crippen molar-refractivity contribution in [3.05, 3.63) is 0 Å². The van der Waals surface area contributed by atoms with Crippen molar-refractivity contribution in [3.63, 3.8) is 0 Å². The smallest absolute Gasteiger partial charge is 0.308 e. The highest BCUT2D eigenvalue weighted by atomic mass is 16.7. The van der Waals surface area contributed by atoms with Crippen LogP contribution in [0, 0.1) is 0 Å². The Balaban J connectivity index is 0. The Morgan fingerprint density at radius 1 is 0.657 bits per heavy atom. The lowest BCUT2D eigenvalue weighted by atomic mass is 9.95. The molecular formula is C28H54O7. The molecule has 2 unspecified atom stereocenters. The second kappa shape index (κ2) is 16.3. The summed E-state index contributed by atoms with van der Waals surface area (Å²) in [7, 11) is 0. The highest BCUT2D eigenvalue weighted by molar-refractivity contribution is 5.75. The quantitative estimate of drug-likeness (QED) is 0.162. The number of hydrogen-bond acceptors (Lipinski definition) is 7. The van der Waals surface area contributed by atoms with E-state index in [1.165, 1.54) is 0 Å². The third kappa shape index (κ3) is 17.6. The monoisotopic (exact) mass is 502 g/mol. The van der Waals surface area contributed by atoms with Gasteiger partial charge in [-0.3, -0.25) is 9.59 Å². The van der Waals surface area contributed by atoms with Crippen LogP contribution in [0.5, 0.6) is 0 Å². The summed E-state index contributed by atoms with van der Waals surface area (Å²) in [6.07, 6.45) is 5.99. The van der Waals surface area contributed by atoms with Crippen LogP contribution in [0.25, 0.3) is 0 Å². The Bertz CT molecular complexity index is 641. The van der Waals surface area contributed by atoms with E-state index in [-0.39, 0.29) is 23.3 Å². The van der Waals surface area contributed by atoms with Gasteiger partial charge in [-0.05, 0) is 53.4 Å². The van der Waals surface area contributed by atoms with Gasteiger partial charge in [0, 0.05) is 46.5 Å². The van der Waals surface area contributed by atoms with Gasteiger partial charge in [0.15, 0.2) is 0 Å². The van der Waals surface area contributed by atoms with E-state index in [4.69, 9.17) is 18.9 Å². The highest BCUT2D eigenvalue weighted by Crippen LogP contribution is 2.31. The number of Topliss-reactive ketones (excluding diaryl/α,β-unsaturated/α-hetero) is 1. The first-order chi connectivity index (χ1) is 15.9. The number of carbonyl (C=O) groups is 3. The molecule has 0 aromatic heterocycles. The van der Waals surface area contributed by atoms with Crippen molar-refractivity contribution in [3.8, 4) is 0 Å². The predicted octanol–water partition coefficient (Wildman–Crippen LogP) is 7.28. The molecule has 0 fully saturated rings. The van der Waals surface area contributed by atoms with Crippen LogP contribution in [0.1, 0.15) is 141 Å². The van der Waals surface area contributed by atoms with Crippen LogP contribution < -0.4 is 0 Å². The summed E-state index contributed by atoms with van der Waals surface area (Å²) >= 11 is 0. The second-order valence-corrected chi connectivity index (χ2v) is 10.7. The maximum absolute atomic E-state index is 11.7. The third-order valence-corrected chi connectivity index (χ3v) is 5.66. The Morgan fingerprint density at radius 2 is 1.23 bits per heavy atom. The fourth-order valence-electron chi connectivity index (χ4n) is 3.61. The average Bonchev–Trinajstić information content (AvgIpc) is 2.71. The van der Waals surface area contributed by atoms with E-state index < -0.39 is 17.2 Å². The van der Waals surface area contributed by atoms with Gasteiger partial charge in [-0.25, -0.2) is 0 Å². The Labute approximate surface area is 215 Å². The molecule has 0 bridgehead atoms. The molecule has 0 radical (unpaired) electrons. The van der Waals surface area contributed by atoms with E-state index in [0.717, 1.165) is 25.7 Å². The number of rotatable bonds is 16. The summed E-state index contributed by atoms with van der Waals surface area (Å²) in [4.78, 5) is 34.0. The van der Waals surface area contributed by atoms with E-state index >= 15 is 0 Å². The SMILES string of the molecule is CCCC(=O)OC(C)(CC)OC(C)(CC)CCC(C)=O.CCCC(C)(C)OC(C)(C)OC(=O)CC. The van der Waals surface area contributed by atoms with Crippen molar-refractivity contribution < 1.29 is 33.3 Å². The molecule has 0 saturated carbocycles. The van der Waals surface area contributed by atoms with Crippen LogP contribution in [0.15, 0.2) is 0 Å². The summed E-state index contributed by atoms with van der Waals surface area (Å²) in [5.74, 6) is -2.08. The van der Waals surface area contributed by atoms with Crippen molar-refractivity contribution in [2.75, 3.05) is 0 Å². The maximum atomic E-state index is 11.7. The maximum Gasteiger partial charge on any atom is 0.308 e. The number of ether oxygens (including phenoxy) is 4. The van der Waals surface area contributed by atoms with E-state index in [1.807, 2.05) is 41.5 Å². The number of ketones is 1. The second-order valence-electron chi connectivity index (χ2n) is 10.7.